The Morgan fingerprint density at radius 2 is 2.21 bits per heavy atom. The van der Waals surface area contributed by atoms with E-state index in [1.165, 1.54) is 0 Å². The van der Waals surface area contributed by atoms with Crippen LogP contribution in [0.5, 0.6) is 5.75 Å². The molecule has 0 bridgehead atoms. The quantitative estimate of drug-likeness (QED) is 0.792. The first-order valence-electron chi connectivity index (χ1n) is 6.35. The van der Waals surface area contributed by atoms with Gasteiger partial charge in [0.1, 0.15) is 5.75 Å². The van der Waals surface area contributed by atoms with Gasteiger partial charge in [0.05, 0.1) is 25.6 Å². The van der Waals surface area contributed by atoms with E-state index in [0.717, 1.165) is 10.6 Å². The van der Waals surface area contributed by atoms with Crippen LogP contribution in [0.25, 0.3) is 0 Å². The van der Waals surface area contributed by atoms with Gasteiger partial charge in [0.15, 0.2) is 0 Å². The van der Waals surface area contributed by atoms with Crippen LogP contribution in [0.4, 0.5) is 0 Å². The highest BCUT2D eigenvalue weighted by molar-refractivity contribution is 8.00. The average molecular weight is 281 g/mol. The molecule has 4 nitrogen and oxygen atoms in total. The number of thioether (sulfide) groups is 1. The minimum atomic E-state index is 0.142. The molecule has 19 heavy (non-hydrogen) atoms. The Kier molecular flexibility index (Phi) is 5.10. The van der Waals surface area contributed by atoms with Crippen molar-refractivity contribution in [1.82, 2.24) is 4.90 Å². The fraction of sp³-hybridized carbons (Fsp3) is 0.500. The molecule has 0 saturated carbocycles. The Hall–Kier alpha value is -1.20. The van der Waals surface area contributed by atoms with Crippen LogP contribution in [0.2, 0.25) is 0 Å². The number of carbonyl (C=O) groups excluding carboxylic acids is 1. The van der Waals surface area contributed by atoms with Gasteiger partial charge in [-0.15, -0.1) is 11.8 Å². The summed E-state index contributed by atoms with van der Waals surface area (Å²) in [5.74, 6) is 1.48. The maximum absolute atomic E-state index is 12.1. The van der Waals surface area contributed by atoms with Crippen LogP contribution in [0, 0.1) is 0 Å². The number of hydrogen-bond acceptors (Lipinski definition) is 4. The fourth-order valence-electron chi connectivity index (χ4n) is 1.95. The second-order valence-electron chi connectivity index (χ2n) is 4.49. The molecule has 1 aromatic rings. The van der Waals surface area contributed by atoms with Gasteiger partial charge in [-0.05, 0) is 31.2 Å². The second-order valence-corrected chi connectivity index (χ2v) is 5.53. The van der Waals surface area contributed by atoms with E-state index >= 15 is 0 Å². The Morgan fingerprint density at radius 3 is 2.84 bits per heavy atom. The van der Waals surface area contributed by atoms with Crippen LogP contribution in [-0.2, 0) is 9.53 Å². The highest BCUT2D eigenvalue weighted by Crippen LogP contribution is 2.21. The Morgan fingerprint density at radius 1 is 1.47 bits per heavy atom. The molecule has 5 heteroatoms. The molecule has 1 aromatic carbocycles. The second kappa shape index (κ2) is 6.82. The van der Waals surface area contributed by atoms with Crippen molar-refractivity contribution in [3.8, 4) is 5.75 Å². The van der Waals surface area contributed by atoms with Gasteiger partial charge in [-0.2, -0.15) is 0 Å². The third-order valence-electron chi connectivity index (χ3n) is 3.02. The number of rotatable bonds is 4. The molecule has 1 fully saturated rings. The standard InChI is InChI=1S/C14H19NO3S/c1-11-9-15(7-8-18-11)14(16)10-19-13-5-3-12(17-2)4-6-13/h3-6,11H,7-10H2,1-2H3/t11-/m0/s1. The molecule has 0 unspecified atom stereocenters. The number of morpholine rings is 1. The first kappa shape index (κ1) is 14.2. The number of methoxy groups -OCH3 is 1. The van der Waals surface area contributed by atoms with E-state index < -0.39 is 0 Å². The molecule has 0 aromatic heterocycles. The third-order valence-corrected chi connectivity index (χ3v) is 4.01. The van der Waals surface area contributed by atoms with E-state index in [2.05, 4.69) is 0 Å². The lowest BCUT2D eigenvalue weighted by atomic mass is 10.3. The first-order chi connectivity index (χ1) is 9.19. The van der Waals surface area contributed by atoms with Gasteiger partial charge in [-0.25, -0.2) is 0 Å². The summed E-state index contributed by atoms with van der Waals surface area (Å²) in [5.41, 5.74) is 0. The minimum Gasteiger partial charge on any atom is -0.497 e. The summed E-state index contributed by atoms with van der Waals surface area (Å²) in [6, 6.07) is 7.75. The van der Waals surface area contributed by atoms with Crippen LogP contribution in [-0.4, -0.2) is 49.5 Å². The summed E-state index contributed by atoms with van der Waals surface area (Å²) in [6.07, 6.45) is 0.142. The zero-order chi connectivity index (χ0) is 13.7. The summed E-state index contributed by atoms with van der Waals surface area (Å²) in [7, 11) is 1.64. The van der Waals surface area contributed by atoms with Crippen LogP contribution in [0.1, 0.15) is 6.92 Å². The van der Waals surface area contributed by atoms with Crippen LogP contribution >= 0.6 is 11.8 Å². The van der Waals surface area contributed by atoms with Crippen molar-refractivity contribution in [3.05, 3.63) is 24.3 Å². The van der Waals surface area contributed by atoms with E-state index in [1.807, 2.05) is 36.1 Å². The minimum absolute atomic E-state index is 0.142. The van der Waals surface area contributed by atoms with Gasteiger partial charge < -0.3 is 14.4 Å². The topological polar surface area (TPSA) is 38.8 Å². The number of ether oxygens (including phenoxy) is 2. The number of amides is 1. The summed E-state index contributed by atoms with van der Waals surface area (Å²) >= 11 is 1.56. The van der Waals surface area contributed by atoms with Gasteiger partial charge in [0.25, 0.3) is 0 Å². The van der Waals surface area contributed by atoms with E-state index in [4.69, 9.17) is 9.47 Å². The van der Waals surface area contributed by atoms with Crippen molar-refractivity contribution in [3.63, 3.8) is 0 Å². The van der Waals surface area contributed by atoms with Gasteiger partial charge >= 0.3 is 0 Å². The van der Waals surface area contributed by atoms with Crippen molar-refractivity contribution < 1.29 is 14.3 Å². The predicted molar refractivity (Wildman–Crippen MR) is 75.7 cm³/mol. The van der Waals surface area contributed by atoms with E-state index in [1.54, 1.807) is 18.9 Å². The number of carbonyl (C=O) groups is 1. The summed E-state index contributed by atoms with van der Waals surface area (Å²) < 4.78 is 10.5. The zero-order valence-corrected chi connectivity index (χ0v) is 12.1. The van der Waals surface area contributed by atoms with Gasteiger partial charge in [0.2, 0.25) is 5.91 Å². The van der Waals surface area contributed by atoms with E-state index in [-0.39, 0.29) is 12.0 Å². The SMILES string of the molecule is COc1ccc(SCC(=O)N2CCO[C@@H](C)C2)cc1. The lowest BCUT2D eigenvalue weighted by Gasteiger charge is -2.31. The molecule has 1 saturated heterocycles. The third kappa shape index (κ3) is 4.14. The summed E-state index contributed by atoms with van der Waals surface area (Å²) in [6.45, 7) is 4.03. The van der Waals surface area contributed by atoms with Crippen LogP contribution in [0.15, 0.2) is 29.2 Å². The molecule has 104 valence electrons. The molecule has 0 N–H and O–H groups in total. The summed E-state index contributed by atoms with van der Waals surface area (Å²) in [4.78, 5) is 15.0. The van der Waals surface area contributed by atoms with Gasteiger partial charge in [0, 0.05) is 18.0 Å². The summed E-state index contributed by atoms with van der Waals surface area (Å²) in [5, 5.41) is 0. The van der Waals surface area contributed by atoms with Crippen molar-refractivity contribution in [2.75, 3.05) is 32.6 Å². The van der Waals surface area contributed by atoms with E-state index in [0.29, 0.717) is 25.4 Å². The molecule has 0 aliphatic carbocycles. The van der Waals surface area contributed by atoms with E-state index in [9.17, 15) is 4.79 Å². The number of benzene rings is 1. The Labute approximate surface area is 118 Å². The smallest absolute Gasteiger partial charge is 0.233 e. The fourth-order valence-corrected chi connectivity index (χ4v) is 2.75. The van der Waals surface area contributed by atoms with Crippen molar-refractivity contribution in [1.29, 1.82) is 0 Å². The Balaban J connectivity index is 1.82. The maximum Gasteiger partial charge on any atom is 0.233 e. The number of hydrogen-bond donors (Lipinski definition) is 0. The molecular weight excluding hydrogens is 262 g/mol. The van der Waals surface area contributed by atoms with Crippen LogP contribution in [0.3, 0.4) is 0 Å². The lowest BCUT2D eigenvalue weighted by Crippen LogP contribution is -2.45. The molecule has 2 rings (SSSR count). The molecule has 1 aliphatic rings. The number of nitrogens with zero attached hydrogens (tertiary/aromatic N) is 1. The largest absolute Gasteiger partial charge is 0.497 e. The highest BCUT2D eigenvalue weighted by Gasteiger charge is 2.21. The van der Waals surface area contributed by atoms with Gasteiger partial charge in [-0.3, -0.25) is 4.79 Å². The molecule has 1 amide bonds. The average Bonchev–Trinajstić information content (AvgIpc) is 2.45. The maximum atomic E-state index is 12.1. The molecule has 0 radical (unpaired) electrons. The monoisotopic (exact) mass is 281 g/mol. The molecule has 1 aliphatic heterocycles. The van der Waals surface area contributed by atoms with Crippen LogP contribution < -0.4 is 4.74 Å². The predicted octanol–water partition coefficient (Wildman–Crippen LogP) is 2.03. The molecule has 1 atom stereocenters. The first-order valence-corrected chi connectivity index (χ1v) is 7.34. The van der Waals surface area contributed by atoms with Crippen molar-refractivity contribution in [2.24, 2.45) is 0 Å². The molecule has 0 spiro atoms. The normalized spacial score (nSPS) is 19.3. The highest BCUT2D eigenvalue weighted by atomic mass is 32.2. The Bertz CT molecular complexity index is 421. The zero-order valence-electron chi connectivity index (χ0n) is 11.3. The molecule has 1 heterocycles. The van der Waals surface area contributed by atoms with Crippen molar-refractivity contribution in [2.45, 2.75) is 17.9 Å². The lowest BCUT2D eigenvalue weighted by molar-refractivity contribution is -0.135. The molecular formula is C14H19NO3S. The van der Waals surface area contributed by atoms with Gasteiger partial charge in [-0.1, -0.05) is 0 Å². The van der Waals surface area contributed by atoms with Crippen molar-refractivity contribution >= 4 is 17.7 Å².